The van der Waals surface area contributed by atoms with Gasteiger partial charge in [-0.3, -0.25) is 10.1 Å². The largest absolute Gasteiger partial charge is 0.383 e. The van der Waals surface area contributed by atoms with Gasteiger partial charge < -0.3 is 16.3 Å². The fraction of sp³-hybridized carbons (Fsp3) is 0.389. The summed E-state index contributed by atoms with van der Waals surface area (Å²) >= 11 is 0. The lowest BCUT2D eigenvalue weighted by atomic mass is 9.87. The van der Waals surface area contributed by atoms with Crippen LogP contribution in [0.3, 0.4) is 0 Å². The molecule has 0 fully saturated rings. The Kier molecular flexibility index (Phi) is 5.25. The molecule has 0 saturated heterocycles. The molecule has 0 bridgehead atoms. The van der Waals surface area contributed by atoms with Gasteiger partial charge in [0.15, 0.2) is 0 Å². The summed E-state index contributed by atoms with van der Waals surface area (Å²) in [7, 11) is 0. The maximum atomic E-state index is 11.5. The van der Waals surface area contributed by atoms with E-state index < -0.39 is 0 Å². The third-order valence-electron chi connectivity index (χ3n) is 4.76. The van der Waals surface area contributed by atoms with Crippen LogP contribution in [0.1, 0.15) is 41.3 Å². The number of aryl methyl sites for hydroxylation is 1. The number of benzene rings is 1. The van der Waals surface area contributed by atoms with E-state index in [0.29, 0.717) is 35.2 Å². The second kappa shape index (κ2) is 7.07. The number of nitrogens with zero attached hydrogens (tertiary/aromatic N) is 3. The van der Waals surface area contributed by atoms with Crippen molar-refractivity contribution < 1.29 is 9.72 Å². The number of rotatable bonds is 5. The molecule has 0 unspecified atom stereocenters. The number of aromatic nitrogens is 2. The zero-order valence-corrected chi connectivity index (χ0v) is 15.6. The first-order valence-electron chi connectivity index (χ1n) is 8.22. The van der Waals surface area contributed by atoms with Gasteiger partial charge in [-0.1, -0.05) is 0 Å². The first-order chi connectivity index (χ1) is 12.1. The van der Waals surface area contributed by atoms with Crippen LogP contribution in [0.2, 0.25) is 0 Å². The van der Waals surface area contributed by atoms with E-state index in [0.717, 1.165) is 16.7 Å². The number of nitrogens with two attached hydrogens (primary N) is 2. The lowest BCUT2D eigenvalue weighted by Gasteiger charge is -2.19. The Morgan fingerprint density at radius 2 is 1.54 bits per heavy atom. The van der Waals surface area contributed by atoms with Crippen molar-refractivity contribution in [2.75, 3.05) is 11.5 Å². The molecule has 0 spiro atoms. The van der Waals surface area contributed by atoms with E-state index in [9.17, 15) is 14.9 Å². The van der Waals surface area contributed by atoms with Crippen LogP contribution in [0, 0.1) is 37.8 Å². The first-order valence-corrected chi connectivity index (χ1v) is 8.22. The molecule has 2 rings (SSSR count). The molecule has 0 amide bonds. The number of carbonyl (C=O) groups excluding carboxylic acids is 1. The van der Waals surface area contributed by atoms with Crippen molar-refractivity contribution in [3.63, 3.8) is 0 Å². The van der Waals surface area contributed by atoms with Crippen molar-refractivity contribution in [1.82, 2.24) is 9.97 Å². The molecule has 0 atom stereocenters. The van der Waals surface area contributed by atoms with Crippen LogP contribution in [-0.2, 0) is 11.2 Å². The van der Waals surface area contributed by atoms with E-state index >= 15 is 0 Å². The summed E-state index contributed by atoms with van der Waals surface area (Å²) in [5, 5.41) is 11.5. The second-order valence-corrected chi connectivity index (χ2v) is 6.47. The molecule has 0 aliphatic carbocycles. The monoisotopic (exact) mass is 357 g/mol. The normalized spacial score (nSPS) is 10.8. The number of hydrogen-bond acceptors (Lipinski definition) is 7. The van der Waals surface area contributed by atoms with Gasteiger partial charge in [0.1, 0.15) is 11.6 Å². The quantitative estimate of drug-likeness (QED) is 0.619. The van der Waals surface area contributed by atoms with E-state index in [1.807, 2.05) is 13.8 Å². The summed E-state index contributed by atoms with van der Waals surface area (Å²) in [5.41, 5.74) is 16.5. The highest BCUT2D eigenvalue weighted by Crippen LogP contribution is 2.41. The Balaban J connectivity index is 2.84. The maximum Gasteiger partial charge on any atom is 0.275 e. The zero-order chi connectivity index (χ0) is 19.8. The predicted octanol–water partition coefficient (Wildman–Crippen LogP) is 2.97. The zero-order valence-electron chi connectivity index (χ0n) is 15.6. The summed E-state index contributed by atoms with van der Waals surface area (Å²) in [6.45, 7) is 8.56. The van der Waals surface area contributed by atoms with Crippen molar-refractivity contribution in [2.45, 2.75) is 47.5 Å². The number of ketones is 1. The molecule has 0 saturated carbocycles. The Hall–Kier alpha value is -3.03. The molecule has 138 valence electrons. The molecular weight excluding hydrogens is 334 g/mol. The van der Waals surface area contributed by atoms with Crippen molar-refractivity contribution in [2.24, 2.45) is 0 Å². The number of nitro groups is 1. The Morgan fingerprint density at radius 3 is 2.00 bits per heavy atom. The summed E-state index contributed by atoms with van der Waals surface area (Å²) in [6, 6.07) is 0. The Labute approximate surface area is 151 Å². The third kappa shape index (κ3) is 3.35. The Morgan fingerprint density at radius 1 is 1.00 bits per heavy atom. The van der Waals surface area contributed by atoms with Gasteiger partial charge in [0.2, 0.25) is 5.95 Å². The molecule has 26 heavy (non-hydrogen) atoms. The van der Waals surface area contributed by atoms with Gasteiger partial charge >= 0.3 is 0 Å². The Bertz CT molecular complexity index is 893. The first kappa shape index (κ1) is 19.3. The molecule has 8 nitrogen and oxygen atoms in total. The van der Waals surface area contributed by atoms with E-state index in [-0.39, 0.29) is 28.2 Å². The summed E-state index contributed by atoms with van der Waals surface area (Å²) in [6.07, 6.45) is 0.668. The van der Waals surface area contributed by atoms with Crippen LogP contribution >= 0.6 is 0 Å². The molecule has 0 radical (unpaired) electrons. The number of hydrogen-bond donors (Lipinski definition) is 2. The van der Waals surface area contributed by atoms with Crippen LogP contribution in [0.15, 0.2) is 0 Å². The minimum Gasteiger partial charge on any atom is -0.383 e. The third-order valence-corrected chi connectivity index (χ3v) is 4.76. The highest BCUT2D eigenvalue weighted by atomic mass is 16.6. The van der Waals surface area contributed by atoms with Crippen molar-refractivity contribution in [3.8, 4) is 11.1 Å². The van der Waals surface area contributed by atoms with E-state index in [1.54, 1.807) is 13.8 Å². The predicted molar refractivity (Wildman–Crippen MR) is 101 cm³/mol. The second-order valence-electron chi connectivity index (χ2n) is 6.47. The summed E-state index contributed by atoms with van der Waals surface area (Å²) in [4.78, 5) is 30.8. The van der Waals surface area contributed by atoms with Crippen molar-refractivity contribution in [1.29, 1.82) is 0 Å². The highest BCUT2D eigenvalue weighted by Gasteiger charge is 2.26. The molecule has 1 aromatic carbocycles. The maximum absolute atomic E-state index is 11.5. The lowest BCUT2D eigenvalue weighted by Crippen LogP contribution is -2.11. The molecule has 0 aliphatic heterocycles. The molecule has 0 aliphatic rings. The van der Waals surface area contributed by atoms with Gasteiger partial charge in [0.25, 0.3) is 5.69 Å². The van der Waals surface area contributed by atoms with Crippen LogP contribution in [0.25, 0.3) is 11.1 Å². The van der Waals surface area contributed by atoms with Crippen LogP contribution < -0.4 is 11.5 Å². The number of nitrogen functional groups attached to an aromatic ring is 2. The molecule has 8 heteroatoms. The van der Waals surface area contributed by atoms with Crippen LogP contribution in [-0.4, -0.2) is 20.7 Å². The SMILES string of the molecule is CC(=O)CCc1nc(N)nc(N)c1-c1c(C)c(C)c([N+](=O)[O-])c(C)c1C. The number of carbonyl (C=O) groups is 1. The topological polar surface area (TPSA) is 138 Å². The van der Waals surface area contributed by atoms with E-state index in [4.69, 9.17) is 11.5 Å². The van der Waals surface area contributed by atoms with Gasteiger partial charge in [-0.05, 0) is 57.7 Å². The molecule has 2 aromatic rings. The van der Waals surface area contributed by atoms with Gasteiger partial charge in [0.05, 0.1) is 10.6 Å². The standard InChI is InChI=1S/C18H23N5O3/c1-8(24)6-7-13-15(17(19)22-18(20)21-13)14-9(2)11(4)16(23(25)26)12(5)10(14)3/h6-7H2,1-5H3,(H4,19,20,21,22). The van der Waals surface area contributed by atoms with Crippen LogP contribution in [0.4, 0.5) is 17.5 Å². The molecule has 1 heterocycles. The van der Waals surface area contributed by atoms with Crippen molar-refractivity contribution in [3.05, 3.63) is 38.1 Å². The van der Waals surface area contributed by atoms with E-state index in [2.05, 4.69) is 9.97 Å². The molecule has 1 aromatic heterocycles. The lowest BCUT2D eigenvalue weighted by molar-refractivity contribution is -0.386. The van der Waals surface area contributed by atoms with Gasteiger partial charge in [0, 0.05) is 23.1 Å². The van der Waals surface area contributed by atoms with Gasteiger partial charge in [-0.25, -0.2) is 4.98 Å². The number of anilines is 2. The van der Waals surface area contributed by atoms with Crippen molar-refractivity contribution >= 4 is 23.2 Å². The summed E-state index contributed by atoms with van der Waals surface area (Å²) < 4.78 is 0. The average molecular weight is 357 g/mol. The minimum atomic E-state index is -0.367. The summed E-state index contributed by atoms with van der Waals surface area (Å²) in [5.74, 6) is 0.265. The number of Topliss-reactive ketones (excluding diaryl/α,β-unsaturated/α-hetero) is 1. The average Bonchev–Trinajstić information content (AvgIpc) is 2.52. The smallest absolute Gasteiger partial charge is 0.275 e. The van der Waals surface area contributed by atoms with Gasteiger partial charge in [-0.2, -0.15) is 4.98 Å². The molecule has 4 N–H and O–H groups in total. The fourth-order valence-corrected chi connectivity index (χ4v) is 3.24. The molecular formula is C18H23N5O3. The van der Waals surface area contributed by atoms with Gasteiger partial charge in [-0.15, -0.1) is 0 Å². The number of nitro benzene ring substituents is 1. The van der Waals surface area contributed by atoms with E-state index in [1.165, 1.54) is 6.92 Å². The fourth-order valence-electron chi connectivity index (χ4n) is 3.24. The van der Waals surface area contributed by atoms with Crippen LogP contribution in [0.5, 0.6) is 0 Å². The highest BCUT2D eigenvalue weighted by molar-refractivity contribution is 5.85. The minimum absolute atomic E-state index is 0.0243.